The first-order chi connectivity index (χ1) is 31.8. The number of hydrogen-bond acceptors (Lipinski definition) is 7. The second-order valence-electron chi connectivity index (χ2n) is 24.0. The van der Waals surface area contributed by atoms with Gasteiger partial charge in [-0.15, -0.1) is 0 Å². The molecule has 0 bridgehead atoms. The maximum absolute atomic E-state index is 12.5. The minimum absolute atomic E-state index is 0.230. The third-order valence-corrected chi connectivity index (χ3v) is 20.9. The summed E-state index contributed by atoms with van der Waals surface area (Å²) >= 11 is 0. The zero-order valence-electron chi connectivity index (χ0n) is 44.2. The third kappa shape index (κ3) is 16.2. The average Bonchev–Trinajstić information content (AvgIpc) is 3.63. The van der Waals surface area contributed by atoms with E-state index in [0.717, 1.165) is 110 Å². The molecule has 10 atom stereocenters. The number of ether oxygens (including phenoxy) is 2. The summed E-state index contributed by atoms with van der Waals surface area (Å²) in [5.74, 6) is 8.03. The van der Waals surface area contributed by atoms with Gasteiger partial charge in [0.15, 0.2) is 0 Å². The first-order valence-electron chi connectivity index (χ1n) is 27.1. The standard InChI is InChI=1S/C57H97N3O5S2/c1-12-43(40(2)3)21-18-41(4)49-26-27-50-48-25-22-44-38-47(29-34-56(44,9)51(48)30-35-57(49,50)10)67-66-37-31-45(28-33-55(7,8)59-52(61)62)58-36-17-15-13-14-16-32-54(5,6)60-53(63)65-39-42-19-23-46(64-11)24-20-42/h19-20,22-24,40-41,43,45,47-51,58-59H,12-18,21,25-39H2,1-11H3,(H,60,63)(H,61,62)/t41-,43-,45?,47+,48+,49-,50+,51+,56+,57-/m1/s1. The van der Waals surface area contributed by atoms with Crippen molar-refractivity contribution in [2.24, 2.45) is 52.3 Å². The Labute approximate surface area is 417 Å². The SMILES string of the molecule is CC[C@H](CC[C@@H](C)[C@H]1CC[C@H]2[C@@H]3CC=C4C[C@@H](SSCCC(CCC(C)(C)NC(=O)O)NCCCCCCCC(C)(C)NC(=O)OCc5ccc(OC)cc5)CC[C@]4(C)[C@H]3CC[C@]12C)C(C)C. The molecule has 67 heavy (non-hydrogen) atoms. The minimum atomic E-state index is -0.950. The average molecular weight is 969 g/mol. The fourth-order valence-electron chi connectivity index (χ4n) is 13.7. The number of fused-ring (bicyclic) bond motifs is 5. The van der Waals surface area contributed by atoms with E-state index >= 15 is 0 Å². The van der Waals surface area contributed by atoms with E-state index in [1.54, 1.807) is 12.7 Å². The second-order valence-corrected chi connectivity index (χ2v) is 26.8. The first kappa shape index (κ1) is 55.9. The second kappa shape index (κ2) is 25.9. The van der Waals surface area contributed by atoms with E-state index in [0.29, 0.717) is 22.1 Å². The Kier molecular flexibility index (Phi) is 21.6. The van der Waals surface area contributed by atoms with Crippen LogP contribution in [0.3, 0.4) is 0 Å². The van der Waals surface area contributed by atoms with E-state index in [1.807, 2.05) is 38.1 Å². The van der Waals surface area contributed by atoms with Gasteiger partial charge in [0.05, 0.1) is 7.11 Å². The molecule has 3 saturated carbocycles. The third-order valence-electron chi connectivity index (χ3n) is 18.0. The van der Waals surface area contributed by atoms with E-state index in [1.165, 1.54) is 83.5 Å². The molecule has 4 aliphatic carbocycles. The highest BCUT2D eigenvalue weighted by atomic mass is 33.1. The summed E-state index contributed by atoms with van der Waals surface area (Å²) < 4.78 is 10.7. The van der Waals surface area contributed by atoms with Crippen LogP contribution in [0.4, 0.5) is 9.59 Å². The molecule has 4 aliphatic rings. The zero-order valence-corrected chi connectivity index (χ0v) is 45.9. The number of alkyl carbamates (subject to hydrolysis) is 1. The van der Waals surface area contributed by atoms with E-state index < -0.39 is 11.6 Å². The number of amides is 2. The molecule has 1 unspecified atom stereocenters. The van der Waals surface area contributed by atoms with Gasteiger partial charge in [-0.25, -0.2) is 9.59 Å². The van der Waals surface area contributed by atoms with E-state index in [4.69, 9.17) is 9.47 Å². The van der Waals surface area contributed by atoms with E-state index in [-0.39, 0.29) is 18.2 Å². The smallest absolute Gasteiger partial charge is 0.407 e. The van der Waals surface area contributed by atoms with Gasteiger partial charge in [-0.2, -0.15) is 0 Å². The van der Waals surface area contributed by atoms with Crippen molar-refractivity contribution in [1.82, 2.24) is 16.0 Å². The summed E-state index contributed by atoms with van der Waals surface area (Å²) in [6.45, 7) is 24.6. The van der Waals surface area contributed by atoms with Gasteiger partial charge in [0.1, 0.15) is 12.4 Å². The predicted molar refractivity (Wildman–Crippen MR) is 285 cm³/mol. The van der Waals surface area contributed by atoms with E-state index in [2.05, 4.69) is 99.0 Å². The topological polar surface area (TPSA) is 109 Å². The Balaban J connectivity index is 1.01. The van der Waals surface area contributed by atoms with Crippen LogP contribution in [0.1, 0.15) is 203 Å². The summed E-state index contributed by atoms with van der Waals surface area (Å²) in [6.07, 6.45) is 26.2. The van der Waals surface area contributed by atoms with Crippen molar-refractivity contribution in [2.45, 2.75) is 227 Å². The number of carbonyl (C=O) groups is 2. The maximum Gasteiger partial charge on any atom is 0.407 e. The zero-order chi connectivity index (χ0) is 48.8. The molecule has 0 spiro atoms. The monoisotopic (exact) mass is 968 g/mol. The summed E-state index contributed by atoms with van der Waals surface area (Å²) in [5, 5.41) is 19.8. The molecular formula is C57H97N3O5S2. The highest BCUT2D eigenvalue weighted by molar-refractivity contribution is 8.76. The van der Waals surface area contributed by atoms with Crippen LogP contribution in [0.25, 0.3) is 0 Å². The number of carbonyl (C=O) groups excluding carboxylic acids is 1. The van der Waals surface area contributed by atoms with Gasteiger partial charge in [0.25, 0.3) is 0 Å². The summed E-state index contributed by atoms with van der Waals surface area (Å²) in [7, 11) is 5.87. The van der Waals surface area contributed by atoms with Gasteiger partial charge in [0.2, 0.25) is 0 Å². The van der Waals surface area contributed by atoms with Crippen LogP contribution in [0.5, 0.6) is 5.75 Å². The van der Waals surface area contributed by atoms with Crippen molar-refractivity contribution in [1.29, 1.82) is 0 Å². The fraction of sp³-hybridized carbons (Fsp3) is 0.825. The number of nitrogens with one attached hydrogen (secondary N) is 3. The number of benzene rings is 1. The lowest BCUT2D eigenvalue weighted by Gasteiger charge is -2.58. The lowest BCUT2D eigenvalue weighted by molar-refractivity contribution is -0.0500. The van der Waals surface area contributed by atoms with Gasteiger partial charge in [-0.3, -0.25) is 0 Å². The minimum Gasteiger partial charge on any atom is -0.497 e. The Bertz CT molecular complexity index is 1700. The van der Waals surface area contributed by atoms with Gasteiger partial charge in [0, 0.05) is 28.1 Å². The van der Waals surface area contributed by atoms with E-state index in [9.17, 15) is 14.7 Å². The molecule has 1 aromatic carbocycles. The lowest BCUT2D eigenvalue weighted by atomic mass is 9.47. The van der Waals surface area contributed by atoms with Crippen LogP contribution in [-0.4, -0.2) is 59.1 Å². The summed E-state index contributed by atoms with van der Waals surface area (Å²) in [6, 6.07) is 7.92. The van der Waals surface area contributed by atoms with Gasteiger partial charge >= 0.3 is 12.2 Å². The lowest BCUT2D eigenvalue weighted by Crippen LogP contribution is -2.50. The number of carboxylic acid groups (broad SMARTS) is 1. The highest BCUT2D eigenvalue weighted by Crippen LogP contribution is 2.68. The maximum atomic E-state index is 12.5. The molecule has 4 N–H and O–H groups in total. The van der Waals surface area contributed by atoms with Crippen molar-refractivity contribution in [2.75, 3.05) is 19.4 Å². The molecule has 0 saturated heterocycles. The fourth-order valence-corrected chi connectivity index (χ4v) is 16.5. The molecule has 5 rings (SSSR count). The molecule has 3 fully saturated rings. The molecule has 0 heterocycles. The molecule has 0 aliphatic heterocycles. The van der Waals surface area contributed by atoms with Crippen molar-refractivity contribution >= 4 is 33.8 Å². The van der Waals surface area contributed by atoms with Crippen LogP contribution in [-0.2, 0) is 11.3 Å². The van der Waals surface area contributed by atoms with Crippen LogP contribution in [0.2, 0.25) is 0 Å². The van der Waals surface area contributed by atoms with Crippen molar-refractivity contribution < 1.29 is 24.2 Å². The van der Waals surface area contributed by atoms with Gasteiger partial charge in [-0.05, 0) is 194 Å². The quantitative estimate of drug-likeness (QED) is 0.0374. The van der Waals surface area contributed by atoms with Crippen LogP contribution in [0.15, 0.2) is 35.9 Å². The summed E-state index contributed by atoms with van der Waals surface area (Å²) in [4.78, 5) is 24.0. The van der Waals surface area contributed by atoms with Gasteiger partial charge in [-0.1, -0.05) is 125 Å². The number of allylic oxidation sites excluding steroid dienone is 2. The Morgan fingerprint density at radius 1 is 0.851 bits per heavy atom. The molecule has 0 aromatic heterocycles. The molecule has 1 aromatic rings. The van der Waals surface area contributed by atoms with Crippen molar-refractivity contribution in [3.63, 3.8) is 0 Å². The first-order valence-corrected chi connectivity index (χ1v) is 29.5. The van der Waals surface area contributed by atoms with Gasteiger partial charge < -0.3 is 30.5 Å². The molecular weight excluding hydrogens is 871 g/mol. The molecule has 0 radical (unpaired) electrons. The number of methoxy groups -OCH3 is 1. The Morgan fingerprint density at radius 3 is 2.27 bits per heavy atom. The Morgan fingerprint density at radius 2 is 1.57 bits per heavy atom. The largest absolute Gasteiger partial charge is 0.497 e. The van der Waals surface area contributed by atoms with Crippen molar-refractivity contribution in [3.05, 3.63) is 41.5 Å². The number of hydrogen-bond donors (Lipinski definition) is 4. The van der Waals surface area contributed by atoms with Crippen LogP contribution < -0.4 is 20.7 Å². The Hall–Kier alpha value is -2.04. The van der Waals surface area contributed by atoms with Crippen LogP contribution >= 0.6 is 21.6 Å². The summed E-state index contributed by atoms with van der Waals surface area (Å²) in [5.41, 5.74) is 2.88. The van der Waals surface area contributed by atoms with Crippen molar-refractivity contribution in [3.8, 4) is 5.75 Å². The normalized spacial score (nSPS) is 27.5. The molecule has 8 nitrogen and oxygen atoms in total. The predicted octanol–water partition coefficient (Wildman–Crippen LogP) is 15.6. The number of rotatable bonds is 28. The van der Waals surface area contributed by atoms with Crippen LogP contribution in [0, 0.1) is 52.3 Å². The molecule has 2 amide bonds. The molecule has 382 valence electrons. The molecule has 10 heteroatoms. The number of unbranched alkanes of at least 4 members (excludes halogenated alkanes) is 4. The highest BCUT2D eigenvalue weighted by Gasteiger charge is 2.59.